The van der Waals surface area contributed by atoms with Crippen molar-refractivity contribution < 1.29 is 68.3 Å². The number of esters is 2. The van der Waals surface area contributed by atoms with Crippen LogP contribution in [0.5, 0.6) is 17.2 Å². The summed E-state index contributed by atoms with van der Waals surface area (Å²) in [5.41, 5.74) is -0.226. The highest BCUT2D eigenvalue weighted by atomic mass is 16.7. The predicted molar refractivity (Wildman–Crippen MR) is 172 cm³/mol. The highest BCUT2D eigenvalue weighted by Gasteiger charge is 2.47. The lowest BCUT2D eigenvalue weighted by molar-refractivity contribution is -0.394. The number of carbonyl (C=O) groups excluding carboxylic acids is 2. The minimum Gasteiger partial charge on any atom is -0.461 e. The molecule has 0 amide bonds. The summed E-state index contributed by atoms with van der Waals surface area (Å²) < 4.78 is 33.9. The number of non-ortho nitro benzene ring substituents is 2. The lowest BCUT2D eigenvalue weighted by atomic mass is 9.87. The van der Waals surface area contributed by atoms with E-state index in [0.29, 0.717) is 50.6 Å². The lowest BCUT2D eigenvalue weighted by Crippen LogP contribution is -2.59. The number of ether oxygens (including phenoxy) is 6. The first-order valence-electron chi connectivity index (χ1n) is 15.7. The first-order chi connectivity index (χ1) is 24.9. The number of carbonyl (C=O) groups is 2. The molecule has 7 rings (SSSR count). The summed E-state index contributed by atoms with van der Waals surface area (Å²) in [4.78, 5) is 47.4. The van der Waals surface area contributed by atoms with E-state index < -0.39 is 82.6 Å². The van der Waals surface area contributed by atoms with Crippen LogP contribution in [0.2, 0.25) is 0 Å². The monoisotopic (exact) mass is 720 g/mol. The summed E-state index contributed by atoms with van der Waals surface area (Å²) in [6, 6.07) is 10.3. The van der Waals surface area contributed by atoms with E-state index in [-0.39, 0.29) is 30.3 Å². The molecule has 1 saturated heterocycles. The number of aliphatic hydroxyl groups excluding tert-OH is 4. The maximum atomic E-state index is 13.4. The van der Waals surface area contributed by atoms with Crippen molar-refractivity contribution in [2.24, 2.45) is 0 Å². The molecule has 1 fully saturated rings. The molecule has 4 aromatic rings. The van der Waals surface area contributed by atoms with Gasteiger partial charge in [0, 0.05) is 28.6 Å². The van der Waals surface area contributed by atoms with Crippen LogP contribution < -0.4 is 14.2 Å². The molecule has 0 spiro atoms. The Morgan fingerprint density at radius 3 is 2.17 bits per heavy atom. The molecular weight excluding hydrogens is 692 g/mol. The Labute approximate surface area is 291 Å². The van der Waals surface area contributed by atoms with E-state index in [9.17, 15) is 50.2 Å². The van der Waals surface area contributed by atoms with E-state index in [4.69, 9.17) is 28.4 Å². The van der Waals surface area contributed by atoms with Crippen molar-refractivity contribution in [2.75, 3.05) is 6.79 Å². The molecule has 3 heterocycles. The van der Waals surface area contributed by atoms with Crippen LogP contribution in [0.1, 0.15) is 44.3 Å². The zero-order valence-electron chi connectivity index (χ0n) is 26.9. The van der Waals surface area contributed by atoms with E-state index in [1.165, 1.54) is 13.0 Å². The van der Waals surface area contributed by atoms with Gasteiger partial charge in [0.2, 0.25) is 13.1 Å². The second kappa shape index (κ2) is 13.3. The fraction of sp³-hybridized carbons (Fsp3) is 0.294. The number of cyclic esters (lactones) is 1. The average molecular weight is 721 g/mol. The molecule has 3 aliphatic heterocycles. The Bertz CT molecular complexity index is 2140. The van der Waals surface area contributed by atoms with Gasteiger partial charge in [0.25, 0.3) is 11.4 Å². The fourth-order valence-corrected chi connectivity index (χ4v) is 6.46. The van der Waals surface area contributed by atoms with Crippen molar-refractivity contribution in [3.63, 3.8) is 0 Å². The van der Waals surface area contributed by atoms with E-state index in [1.807, 2.05) is 0 Å². The molecule has 18 heteroatoms. The third kappa shape index (κ3) is 5.87. The van der Waals surface area contributed by atoms with E-state index >= 15 is 0 Å². The van der Waals surface area contributed by atoms with Gasteiger partial charge in [0.05, 0.1) is 46.4 Å². The number of aliphatic hydroxyl groups is 4. The van der Waals surface area contributed by atoms with E-state index in [1.54, 1.807) is 24.3 Å². The van der Waals surface area contributed by atoms with Gasteiger partial charge in [-0.2, -0.15) is 0 Å². The summed E-state index contributed by atoms with van der Waals surface area (Å²) in [6.07, 6.45) is -8.23. The standard InChI is InChI=1S/C34H28N2O16/c1-14-28(39)31(51-32(41)16-4-19(35(43)44)9-20(5-16)36(45)46)29(40)34(50-14)52-30-22-7-18(11-38)17(10-37)6-21(22)26(27-23(30)12-47-33(27)42)15-2-3-24-25(8-15)49-13-48-24/h2-9,14,28-29,31,34,37-40H,10-13H2,1H3/t14-,28-,29-,31+,34?/m1/s1. The Balaban J connectivity index is 1.31. The third-order valence-electron chi connectivity index (χ3n) is 9.05. The second-order valence-electron chi connectivity index (χ2n) is 12.1. The lowest BCUT2D eigenvalue weighted by Gasteiger charge is -2.41. The molecule has 1 unspecified atom stereocenters. The van der Waals surface area contributed by atoms with Crippen LogP contribution in [0, 0.1) is 20.2 Å². The van der Waals surface area contributed by atoms with Crippen LogP contribution in [0.25, 0.3) is 21.9 Å². The van der Waals surface area contributed by atoms with Crippen molar-refractivity contribution >= 4 is 34.1 Å². The molecular formula is C34H28N2O16. The molecule has 270 valence electrons. The Hall–Kier alpha value is -5.92. The predicted octanol–water partition coefficient (Wildman–Crippen LogP) is 2.78. The van der Waals surface area contributed by atoms with Gasteiger partial charge in [-0.3, -0.25) is 20.2 Å². The highest BCUT2D eigenvalue weighted by Crippen LogP contribution is 2.48. The van der Waals surface area contributed by atoms with Gasteiger partial charge < -0.3 is 48.8 Å². The number of nitrogens with zero attached hydrogens (tertiary/aromatic N) is 2. The normalized spacial score (nSPS) is 21.8. The van der Waals surface area contributed by atoms with Crippen molar-refractivity contribution in [1.29, 1.82) is 0 Å². The molecule has 52 heavy (non-hydrogen) atoms. The molecule has 18 nitrogen and oxygen atoms in total. The molecule has 4 aromatic carbocycles. The fourth-order valence-electron chi connectivity index (χ4n) is 6.46. The van der Waals surface area contributed by atoms with Gasteiger partial charge in [0.1, 0.15) is 18.5 Å². The number of benzene rings is 4. The van der Waals surface area contributed by atoms with Gasteiger partial charge in [-0.25, -0.2) is 9.59 Å². The first-order valence-corrected chi connectivity index (χ1v) is 15.7. The molecule has 3 aliphatic rings. The maximum Gasteiger partial charge on any atom is 0.339 e. The van der Waals surface area contributed by atoms with Crippen LogP contribution in [-0.4, -0.2) is 79.7 Å². The number of rotatable bonds is 9. The summed E-state index contributed by atoms with van der Waals surface area (Å²) in [5, 5.41) is 66.1. The summed E-state index contributed by atoms with van der Waals surface area (Å²) in [7, 11) is 0. The molecule has 0 aromatic heterocycles. The zero-order valence-corrected chi connectivity index (χ0v) is 26.9. The first kappa shape index (κ1) is 34.5. The zero-order chi connectivity index (χ0) is 37.0. The summed E-state index contributed by atoms with van der Waals surface area (Å²) in [5.74, 6) is -1.15. The van der Waals surface area contributed by atoms with Crippen molar-refractivity contribution in [1.82, 2.24) is 0 Å². The van der Waals surface area contributed by atoms with Gasteiger partial charge in [-0.1, -0.05) is 6.07 Å². The van der Waals surface area contributed by atoms with Crippen LogP contribution in [-0.2, 0) is 34.0 Å². The number of nitro benzene ring substituents is 2. The quantitative estimate of drug-likeness (QED) is 0.110. The smallest absolute Gasteiger partial charge is 0.339 e. The van der Waals surface area contributed by atoms with Crippen molar-refractivity contribution in [2.45, 2.75) is 57.5 Å². The molecule has 0 radical (unpaired) electrons. The molecule has 5 atom stereocenters. The van der Waals surface area contributed by atoms with Gasteiger partial charge >= 0.3 is 11.9 Å². The van der Waals surface area contributed by atoms with Crippen LogP contribution in [0.4, 0.5) is 11.4 Å². The number of hydrogen-bond acceptors (Lipinski definition) is 16. The number of fused-ring (bicyclic) bond motifs is 3. The van der Waals surface area contributed by atoms with Crippen molar-refractivity contribution in [3.05, 3.63) is 96.6 Å². The van der Waals surface area contributed by atoms with Crippen LogP contribution in [0.15, 0.2) is 48.5 Å². The number of nitro groups is 2. The van der Waals surface area contributed by atoms with Crippen molar-refractivity contribution in [3.8, 4) is 28.4 Å². The largest absolute Gasteiger partial charge is 0.461 e. The minimum atomic E-state index is -1.94. The Morgan fingerprint density at radius 2 is 1.52 bits per heavy atom. The molecule has 0 bridgehead atoms. The Kier molecular flexibility index (Phi) is 8.85. The minimum absolute atomic E-state index is 0.000682. The van der Waals surface area contributed by atoms with Gasteiger partial charge in [-0.15, -0.1) is 0 Å². The van der Waals surface area contributed by atoms with Gasteiger partial charge in [-0.05, 0) is 53.3 Å². The highest BCUT2D eigenvalue weighted by molar-refractivity contribution is 6.13. The molecule has 0 aliphatic carbocycles. The topological polar surface area (TPSA) is 257 Å². The number of hydrogen-bond donors (Lipinski definition) is 4. The van der Waals surface area contributed by atoms with Crippen LogP contribution >= 0.6 is 0 Å². The molecule has 4 N–H and O–H groups in total. The Morgan fingerprint density at radius 1 is 0.865 bits per heavy atom. The van der Waals surface area contributed by atoms with Gasteiger partial charge in [0.15, 0.2) is 23.7 Å². The third-order valence-corrected chi connectivity index (χ3v) is 9.05. The van der Waals surface area contributed by atoms with E-state index in [0.717, 1.165) is 12.1 Å². The van der Waals surface area contributed by atoms with E-state index in [2.05, 4.69) is 0 Å². The molecule has 0 saturated carbocycles. The average Bonchev–Trinajstić information content (AvgIpc) is 3.77. The maximum absolute atomic E-state index is 13.4. The SMILES string of the molecule is C[C@H]1OC(Oc2c3c(c(-c4ccc5c(c4)OCO5)c4cc(CO)c(CO)cc24)C(=O)OC3)[C@H](O)[C@@H](OC(=O)c2cc([N+](=O)[O-])cc([N+](=O)[O-])c2)[C@@H]1O. The second-order valence-corrected chi connectivity index (χ2v) is 12.1. The van der Waals surface area contributed by atoms with Crippen LogP contribution in [0.3, 0.4) is 0 Å². The summed E-state index contributed by atoms with van der Waals surface area (Å²) in [6.45, 7) is 0.153. The summed E-state index contributed by atoms with van der Waals surface area (Å²) >= 11 is 0.